The first-order chi connectivity index (χ1) is 12.0. The van der Waals surface area contributed by atoms with Crippen molar-refractivity contribution in [3.05, 3.63) is 53.8 Å². The molecule has 0 aliphatic rings. The molecule has 0 saturated heterocycles. The van der Waals surface area contributed by atoms with Gasteiger partial charge in [0.15, 0.2) is 6.61 Å². The van der Waals surface area contributed by atoms with E-state index in [-0.39, 0.29) is 6.42 Å². The molecule has 132 valence electrons. The van der Waals surface area contributed by atoms with Crippen LogP contribution in [0.15, 0.2) is 42.5 Å². The highest BCUT2D eigenvalue weighted by Crippen LogP contribution is 2.28. The molecule has 7 heteroatoms. The van der Waals surface area contributed by atoms with Crippen LogP contribution in [-0.2, 0) is 20.7 Å². The van der Waals surface area contributed by atoms with Crippen molar-refractivity contribution in [2.75, 3.05) is 26.1 Å². The predicted octanol–water partition coefficient (Wildman–Crippen LogP) is 2.57. The number of anilines is 1. The number of halogens is 1. The number of carbonyl (C=O) groups is 2. The minimum atomic E-state index is -0.627. The largest absolute Gasteiger partial charge is 0.497 e. The van der Waals surface area contributed by atoms with E-state index in [1.165, 1.54) is 32.4 Å². The molecule has 0 heterocycles. The van der Waals surface area contributed by atoms with Crippen molar-refractivity contribution >= 4 is 17.6 Å². The zero-order chi connectivity index (χ0) is 18.2. The van der Waals surface area contributed by atoms with E-state index in [1.54, 1.807) is 24.3 Å². The van der Waals surface area contributed by atoms with Gasteiger partial charge in [-0.05, 0) is 29.8 Å². The van der Waals surface area contributed by atoms with Crippen molar-refractivity contribution in [1.29, 1.82) is 0 Å². The van der Waals surface area contributed by atoms with Gasteiger partial charge in [0.05, 0.1) is 26.3 Å². The highest BCUT2D eigenvalue weighted by atomic mass is 19.1. The molecule has 0 saturated carbocycles. The van der Waals surface area contributed by atoms with E-state index < -0.39 is 24.3 Å². The summed E-state index contributed by atoms with van der Waals surface area (Å²) in [6, 6.07) is 10.5. The summed E-state index contributed by atoms with van der Waals surface area (Å²) in [7, 11) is 2.97. The number of ether oxygens (including phenoxy) is 3. The Labute approximate surface area is 144 Å². The fourth-order valence-corrected chi connectivity index (χ4v) is 2.11. The molecule has 0 radical (unpaired) electrons. The van der Waals surface area contributed by atoms with Gasteiger partial charge in [0.2, 0.25) is 0 Å². The van der Waals surface area contributed by atoms with E-state index in [4.69, 9.17) is 14.2 Å². The van der Waals surface area contributed by atoms with Gasteiger partial charge in [-0.2, -0.15) is 0 Å². The maximum absolute atomic E-state index is 13.1. The van der Waals surface area contributed by atoms with Gasteiger partial charge in [-0.25, -0.2) is 4.39 Å². The van der Waals surface area contributed by atoms with Gasteiger partial charge in [-0.3, -0.25) is 9.59 Å². The van der Waals surface area contributed by atoms with Gasteiger partial charge in [-0.1, -0.05) is 12.1 Å². The molecule has 0 aromatic heterocycles. The van der Waals surface area contributed by atoms with Crippen LogP contribution in [0.5, 0.6) is 11.5 Å². The standard InChI is InChI=1S/C18H18FNO5/c1-23-14-6-7-16(24-2)15(10-14)20-17(21)11-25-18(22)9-12-4-3-5-13(19)8-12/h3-8,10H,9,11H2,1-2H3,(H,20,21). The van der Waals surface area contributed by atoms with Gasteiger partial charge in [0.1, 0.15) is 17.3 Å². The van der Waals surface area contributed by atoms with Gasteiger partial charge < -0.3 is 19.5 Å². The molecular weight excluding hydrogens is 329 g/mol. The van der Waals surface area contributed by atoms with Crippen LogP contribution >= 0.6 is 0 Å². The van der Waals surface area contributed by atoms with Crippen LogP contribution in [-0.4, -0.2) is 32.7 Å². The van der Waals surface area contributed by atoms with E-state index >= 15 is 0 Å². The fraction of sp³-hybridized carbons (Fsp3) is 0.222. The SMILES string of the molecule is COc1ccc(OC)c(NC(=O)COC(=O)Cc2cccc(F)c2)c1. The maximum atomic E-state index is 13.1. The van der Waals surface area contributed by atoms with Crippen LogP contribution in [0.4, 0.5) is 10.1 Å². The molecule has 6 nitrogen and oxygen atoms in total. The van der Waals surface area contributed by atoms with E-state index in [0.29, 0.717) is 22.7 Å². The topological polar surface area (TPSA) is 73.9 Å². The lowest BCUT2D eigenvalue weighted by Crippen LogP contribution is -2.22. The number of carbonyl (C=O) groups excluding carboxylic acids is 2. The number of benzene rings is 2. The molecule has 0 atom stereocenters. The second-order valence-electron chi connectivity index (χ2n) is 5.08. The smallest absolute Gasteiger partial charge is 0.310 e. The van der Waals surface area contributed by atoms with Crippen molar-refractivity contribution in [2.45, 2.75) is 6.42 Å². The molecule has 2 aromatic carbocycles. The molecule has 0 bridgehead atoms. The van der Waals surface area contributed by atoms with E-state index in [1.807, 2.05) is 0 Å². The Morgan fingerprint density at radius 3 is 2.56 bits per heavy atom. The quantitative estimate of drug-likeness (QED) is 0.779. The summed E-state index contributed by atoms with van der Waals surface area (Å²) >= 11 is 0. The van der Waals surface area contributed by atoms with Crippen molar-refractivity contribution in [3.8, 4) is 11.5 Å². The Balaban J connectivity index is 1.89. The molecule has 0 aliphatic heterocycles. The maximum Gasteiger partial charge on any atom is 0.310 e. The average molecular weight is 347 g/mol. The Bertz CT molecular complexity index is 763. The van der Waals surface area contributed by atoms with E-state index in [0.717, 1.165) is 0 Å². The molecule has 1 N–H and O–H groups in total. The lowest BCUT2D eigenvalue weighted by Gasteiger charge is -2.12. The highest BCUT2D eigenvalue weighted by molar-refractivity contribution is 5.94. The summed E-state index contributed by atoms with van der Waals surface area (Å²) < 4.78 is 28.2. The van der Waals surface area contributed by atoms with Crippen molar-refractivity contribution in [2.24, 2.45) is 0 Å². The van der Waals surface area contributed by atoms with Crippen LogP contribution in [0.3, 0.4) is 0 Å². The normalized spacial score (nSPS) is 10.0. The molecule has 0 fully saturated rings. The molecule has 1 amide bonds. The monoisotopic (exact) mass is 347 g/mol. The van der Waals surface area contributed by atoms with Gasteiger partial charge >= 0.3 is 5.97 Å². The second kappa shape index (κ2) is 8.68. The Hall–Kier alpha value is -3.09. The van der Waals surface area contributed by atoms with Gasteiger partial charge in [0, 0.05) is 6.07 Å². The number of hydrogen-bond acceptors (Lipinski definition) is 5. The van der Waals surface area contributed by atoms with Crippen molar-refractivity contribution in [3.63, 3.8) is 0 Å². The minimum absolute atomic E-state index is 0.118. The van der Waals surface area contributed by atoms with Gasteiger partial charge in [0.25, 0.3) is 5.91 Å². The van der Waals surface area contributed by atoms with Crippen LogP contribution < -0.4 is 14.8 Å². The first kappa shape index (κ1) is 18.3. The number of amides is 1. The average Bonchev–Trinajstić information content (AvgIpc) is 2.60. The Morgan fingerprint density at radius 1 is 1.08 bits per heavy atom. The molecule has 2 aromatic rings. The van der Waals surface area contributed by atoms with Crippen molar-refractivity contribution < 1.29 is 28.2 Å². The van der Waals surface area contributed by atoms with Crippen LogP contribution in [0.2, 0.25) is 0 Å². The van der Waals surface area contributed by atoms with Crippen molar-refractivity contribution in [1.82, 2.24) is 0 Å². The third-order valence-electron chi connectivity index (χ3n) is 3.28. The molecule has 2 rings (SSSR count). The third kappa shape index (κ3) is 5.49. The first-order valence-electron chi connectivity index (χ1n) is 7.43. The Morgan fingerprint density at radius 2 is 1.88 bits per heavy atom. The summed E-state index contributed by atoms with van der Waals surface area (Å²) in [5.41, 5.74) is 0.868. The van der Waals surface area contributed by atoms with E-state index in [9.17, 15) is 14.0 Å². The molecule has 0 aliphatic carbocycles. The lowest BCUT2D eigenvalue weighted by atomic mass is 10.1. The number of rotatable bonds is 7. The molecule has 0 spiro atoms. The number of nitrogens with one attached hydrogen (secondary N) is 1. The summed E-state index contributed by atoms with van der Waals surface area (Å²) in [5, 5.41) is 2.58. The highest BCUT2D eigenvalue weighted by Gasteiger charge is 2.12. The summed E-state index contributed by atoms with van der Waals surface area (Å²) in [6.07, 6.45) is -0.118. The Kier molecular flexibility index (Phi) is 6.33. The summed E-state index contributed by atoms with van der Waals surface area (Å²) in [4.78, 5) is 23.7. The van der Waals surface area contributed by atoms with Crippen LogP contribution in [0, 0.1) is 5.82 Å². The number of methoxy groups -OCH3 is 2. The molecule has 25 heavy (non-hydrogen) atoms. The van der Waals surface area contributed by atoms with E-state index in [2.05, 4.69) is 5.32 Å². The zero-order valence-electron chi connectivity index (χ0n) is 13.9. The minimum Gasteiger partial charge on any atom is -0.497 e. The van der Waals surface area contributed by atoms with Crippen LogP contribution in [0.25, 0.3) is 0 Å². The number of esters is 1. The predicted molar refractivity (Wildman–Crippen MR) is 89.2 cm³/mol. The fourth-order valence-electron chi connectivity index (χ4n) is 2.11. The molecule has 0 unspecified atom stereocenters. The summed E-state index contributed by atoms with van der Waals surface area (Å²) in [5.74, 6) is -0.606. The zero-order valence-corrected chi connectivity index (χ0v) is 13.9. The van der Waals surface area contributed by atoms with Gasteiger partial charge in [-0.15, -0.1) is 0 Å². The number of hydrogen-bond donors (Lipinski definition) is 1. The molecular formula is C18H18FNO5. The lowest BCUT2D eigenvalue weighted by molar-refractivity contribution is -0.146. The second-order valence-corrected chi connectivity index (χ2v) is 5.08. The first-order valence-corrected chi connectivity index (χ1v) is 7.43. The van der Waals surface area contributed by atoms with Crippen LogP contribution in [0.1, 0.15) is 5.56 Å². The third-order valence-corrected chi connectivity index (χ3v) is 3.28. The summed E-state index contributed by atoms with van der Waals surface area (Å²) in [6.45, 7) is -0.464.